The molecule has 4 aliphatic carbocycles. The molecule has 3 saturated carbocycles. The Morgan fingerprint density at radius 2 is 1.93 bits per heavy atom. The molecule has 0 saturated heterocycles. The predicted molar refractivity (Wildman–Crippen MR) is 111 cm³/mol. The molecule has 0 aromatic heterocycles. The molecular weight excluding hydrogens is 384 g/mol. The third kappa shape index (κ3) is 2.83. The second kappa shape index (κ2) is 7.20. The lowest BCUT2D eigenvalue weighted by Gasteiger charge is -2.59. The highest BCUT2D eigenvalue weighted by atomic mass is 16.7. The number of allylic oxidation sites excluding steroid dienone is 1. The molecule has 0 aliphatic heterocycles. The molecule has 2 N–H and O–H groups in total. The van der Waals surface area contributed by atoms with E-state index >= 15 is 0 Å². The topological polar surface area (TPSA) is 93.1 Å². The molecule has 3 fully saturated rings. The maximum atomic E-state index is 12.9. The number of ether oxygens (including phenoxy) is 2. The van der Waals surface area contributed by atoms with Crippen molar-refractivity contribution in [3.8, 4) is 0 Å². The van der Waals surface area contributed by atoms with E-state index in [2.05, 4.69) is 11.7 Å². The Bertz CT molecular complexity index is 802. The van der Waals surface area contributed by atoms with Crippen molar-refractivity contribution < 1.29 is 29.3 Å². The molecule has 0 spiro atoms. The van der Waals surface area contributed by atoms with Crippen LogP contribution < -0.4 is 0 Å². The van der Waals surface area contributed by atoms with Crippen LogP contribution in [-0.4, -0.2) is 47.1 Å². The van der Waals surface area contributed by atoms with Crippen LogP contribution in [-0.2, 0) is 14.3 Å². The summed E-state index contributed by atoms with van der Waals surface area (Å²) in [6.45, 7) is 6.11. The van der Waals surface area contributed by atoms with Crippen LogP contribution in [0.5, 0.6) is 0 Å². The smallest absolute Gasteiger partial charge is 0.438 e. The van der Waals surface area contributed by atoms with Gasteiger partial charge in [0.2, 0.25) is 0 Å². The zero-order chi connectivity index (χ0) is 21.9. The zero-order valence-corrected chi connectivity index (χ0v) is 18.4. The molecule has 4 rings (SSSR count). The molecule has 4 aliphatic rings. The number of ketones is 1. The molecular formula is C24H34O6. The standard InChI is InChI=1S/C24H34O6/c1-5-8-24(28)19(26)13-17-20-16(7-10-23(17,24)3)22(2)9-6-15(30-21(27)29-4)11-14(22)12-18(20)25/h5,8,12,15-18,20,25,28H,6-7,9-11,13H2,1-4H3/b8-5+/t15-,16?,17?,18-,20?,22-,23-,24-/m0/s1. The first-order chi connectivity index (χ1) is 14.1. The monoisotopic (exact) mass is 418 g/mol. The highest BCUT2D eigenvalue weighted by Gasteiger charge is 2.67. The Kier molecular flexibility index (Phi) is 5.17. The Hall–Kier alpha value is -1.66. The Morgan fingerprint density at radius 1 is 1.20 bits per heavy atom. The maximum absolute atomic E-state index is 12.9. The number of carbonyl (C=O) groups is 2. The summed E-state index contributed by atoms with van der Waals surface area (Å²) < 4.78 is 10.0. The van der Waals surface area contributed by atoms with Gasteiger partial charge in [-0.1, -0.05) is 31.6 Å². The number of hydrogen-bond donors (Lipinski definition) is 2. The summed E-state index contributed by atoms with van der Waals surface area (Å²) in [5, 5.41) is 22.5. The summed E-state index contributed by atoms with van der Waals surface area (Å²) in [5.74, 6) is -0.00102. The van der Waals surface area contributed by atoms with Crippen molar-refractivity contribution in [3.63, 3.8) is 0 Å². The van der Waals surface area contributed by atoms with Gasteiger partial charge >= 0.3 is 6.16 Å². The Balaban J connectivity index is 1.66. The fourth-order valence-corrected chi connectivity index (χ4v) is 7.28. The van der Waals surface area contributed by atoms with E-state index in [1.165, 1.54) is 7.11 Å². The van der Waals surface area contributed by atoms with Crippen LogP contribution in [0.1, 0.15) is 59.3 Å². The molecule has 0 aromatic rings. The second-order valence-electron chi connectivity index (χ2n) is 10.2. The number of hydrogen-bond acceptors (Lipinski definition) is 6. The highest BCUT2D eigenvalue weighted by molar-refractivity contribution is 5.93. The molecule has 0 radical (unpaired) electrons. The van der Waals surface area contributed by atoms with Gasteiger partial charge in [0.05, 0.1) is 13.2 Å². The van der Waals surface area contributed by atoms with Gasteiger partial charge in [0.1, 0.15) is 11.7 Å². The minimum atomic E-state index is -1.45. The lowest BCUT2D eigenvalue weighted by molar-refractivity contribution is -0.145. The van der Waals surface area contributed by atoms with Gasteiger partial charge in [0.15, 0.2) is 5.78 Å². The van der Waals surface area contributed by atoms with Crippen LogP contribution in [0.4, 0.5) is 4.79 Å². The molecule has 8 atom stereocenters. The van der Waals surface area contributed by atoms with E-state index in [-0.39, 0.29) is 35.1 Å². The minimum Gasteiger partial charge on any atom is -0.438 e. The van der Waals surface area contributed by atoms with Crippen LogP contribution in [0.2, 0.25) is 0 Å². The fraction of sp³-hybridized carbons (Fsp3) is 0.750. The van der Waals surface area contributed by atoms with Gasteiger partial charge in [0.25, 0.3) is 0 Å². The molecule has 0 heterocycles. The van der Waals surface area contributed by atoms with Crippen LogP contribution in [0.15, 0.2) is 23.8 Å². The first-order valence-electron chi connectivity index (χ1n) is 11.1. The molecule has 166 valence electrons. The molecule has 0 aromatic carbocycles. The second-order valence-corrected chi connectivity index (χ2v) is 10.2. The van der Waals surface area contributed by atoms with E-state index in [1.54, 1.807) is 12.2 Å². The summed E-state index contributed by atoms with van der Waals surface area (Å²) in [6, 6.07) is 0. The third-order valence-electron chi connectivity index (χ3n) is 9.01. The van der Waals surface area contributed by atoms with Crippen molar-refractivity contribution in [3.05, 3.63) is 23.8 Å². The first kappa shape index (κ1) is 21.6. The molecule has 0 bridgehead atoms. The first-order valence-corrected chi connectivity index (χ1v) is 11.1. The molecule has 0 amide bonds. The number of carbonyl (C=O) groups excluding carboxylic acids is 2. The Morgan fingerprint density at radius 3 is 2.60 bits per heavy atom. The minimum absolute atomic E-state index is 0.0567. The van der Waals surface area contributed by atoms with Crippen molar-refractivity contribution in [2.75, 3.05) is 7.11 Å². The van der Waals surface area contributed by atoms with E-state index in [1.807, 2.05) is 19.9 Å². The number of aliphatic hydroxyl groups is 2. The number of fused-ring (bicyclic) bond motifs is 5. The van der Waals surface area contributed by atoms with Crippen LogP contribution in [0.3, 0.4) is 0 Å². The van der Waals surface area contributed by atoms with E-state index < -0.39 is 23.3 Å². The average molecular weight is 419 g/mol. The zero-order valence-electron chi connectivity index (χ0n) is 18.4. The quantitative estimate of drug-likeness (QED) is 0.526. The fourth-order valence-electron chi connectivity index (χ4n) is 7.28. The summed E-state index contributed by atoms with van der Waals surface area (Å²) in [6.07, 6.45) is 7.94. The lowest BCUT2D eigenvalue weighted by atomic mass is 9.46. The Labute approximate surface area is 178 Å². The lowest BCUT2D eigenvalue weighted by Crippen LogP contribution is -2.58. The van der Waals surface area contributed by atoms with Gasteiger partial charge in [-0.15, -0.1) is 0 Å². The van der Waals surface area contributed by atoms with Gasteiger partial charge in [-0.2, -0.15) is 0 Å². The molecule has 30 heavy (non-hydrogen) atoms. The van der Waals surface area contributed by atoms with E-state index in [9.17, 15) is 19.8 Å². The van der Waals surface area contributed by atoms with Gasteiger partial charge in [-0.25, -0.2) is 4.79 Å². The van der Waals surface area contributed by atoms with Gasteiger partial charge < -0.3 is 19.7 Å². The maximum Gasteiger partial charge on any atom is 0.508 e. The normalized spacial score (nSPS) is 47.9. The van der Waals surface area contributed by atoms with Gasteiger partial charge in [0, 0.05) is 18.3 Å². The van der Waals surface area contributed by atoms with Crippen LogP contribution in [0.25, 0.3) is 0 Å². The molecule has 3 unspecified atom stereocenters. The van der Waals surface area contributed by atoms with Crippen LogP contribution in [0, 0.1) is 28.6 Å². The van der Waals surface area contributed by atoms with E-state index in [0.29, 0.717) is 12.8 Å². The van der Waals surface area contributed by atoms with Crippen molar-refractivity contribution in [1.29, 1.82) is 0 Å². The molecule has 6 nitrogen and oxygen atoms in total. The van der Waals surface area contributed by atoms with Gasteiger partial charge in [-0.3, -0.25) is 4.79 Å². The predicted octanol–water partition coefficient (Wildman–Crippen LogP) is 3.56. The number of rotatable bonds is 2. The summed E-state index contributed by atoms with van der Waals surface area (Å²) in [7, 11) is 1.31. The molecule has 6 heteroatoms. The third-order valence-corrected chi connectivity index (χ3v) is 9.01. The highest BCUT2D eigenvalue weighted by Crippen LogP contribution is 2.66. The average Bonchev–Trinajstić information content (AvgIpc) is 2.90. The van der Waals surface area contributed by atoms with Crippen molar-refractivity contribution >= 4 is 11.9 Å². The van der Waals surface area contributed by atoms with E-state index in [4.69, 9.17) is 4.74 Å². The van der Waals surface area contributed by atoms with Gasteiger partial charge in [-0.05, 0) is 61.9 Å². The van der Waals surface area contributed by atoms with Crippen molar-refractivity contribution in [2.45, 2.75) is 77.1 Å². The largest absolute Gasteiger partial charge is 0.508 e. The van der Waals surface area contributed by atoms with Crippen LogP contribution >= 0.6 is 0 Å². The van der Waals surface area contributed by atoms with E-state index in [0.717, 1.165) is 31.3 Å². The summed E-state index contributed by atoms with van der Waals surface area (Å²) >= 11 is 0. The van der Waals surface area contributed by atoms with Crippen molar-refractivity contribution in [2.24, 2.45) is 28.6 Å². The summed E-state index contributed by atoms with van der Waals surface area (Å²) in [5.41, 5.74) is -0.960. The number of Topliss-reactive ketones (excluding diaryl/α,β-unsaturated/α-hetero) is 1. The number of aliphatic hydroxyl groups excluding tert-OH is 1. The van der Waals surface area contributed by atoms with Crippen molar-refractivity contribution in [1.82, 2.24) is 0 Å². The number of methoxy groups -OCH3 is 1. The summed E-state index contributed by atoms with van der Waals surface area (Å²) in [4.78, 5) is 24.5. The SMILES string of the molecule is C/C=C/[C@]1(O)C(=O)CC2C3C(CC[C@@]21C)[C@@]1(C)CC[C@H](OC(=O)OC)CC1=C[C@@H]3O.